The molecule has 0 aromatic rings. The van der Waals surface area contributed by atoms with E-state index in [-0.39, 0.29) is 0 Å². The van der Waals surface area contributed by atoms with Crippen molar-refractivity contribution in [3.8, 4) is 0 Å². The van der Waals surface area contributed by atoms with Crippen LogP contribution in [0.4, 0.5) is 0 Å². The van der Waals surface area contributed by atoms with Gasteiger partial charge in [-0.3, -0.25) is 0 Å². The Balaban J connectivity index is 0.000000461. The van der Waals surface area contributed by atoms with Gasteiger partial charge >= 0.3 is 0 Å². The first-order valence-corrected chi connectivity index (χ1v) is 5.14. The summed E-state index contributed by atoms with van der Waals surface area (Å²) in [5.41, 5.74) is 0. The van der Waals surface area contributed by atoms with Gasteiger partial charge in [0.2, 0.25) is 0 Å². The fraction of sp³-hybridized carbons (Fsp3) is 1.00. The van der Waals surface area contributed by atoms with Crippen molar-refractivity contribution in [2.24, 2.45) is 5.92 Å². The van der Waals surface area contributed by atoms with E-state index in [1.54, 1.807) is 0 Å². The zero-order valence-corrected chi connectivity index (χ0v) is 8.32. The van der Waals surface area contributed by atoms with E-state index >= 15 is 0 Å². The minimum atomic E-state index is 0.990. The van der Waals surface area contributed by atoms with Crippen molar-refractivity contribution >= 4 is 0 Å². The number of hydrogen-bond donors (Lipinski definition) is 1. The zero-order chi connectivity index (χ0) is 8.53. The summed E-state index contributed by atoms with van der Waals surface area (Å²) in [5.74, 6) is 0.990. The van der Waals surface area contributed by atoms with Crippen LogP contribution in [0.1, 0.15) is 46.5 Å². The maximum absolute atomic E-state index is 3.42. The standard InChI is InChI=1S/C8H17N.C2H6/c1-2-4-8-5-3-6-9-7-8;1-2/h8-9H,2-7H2,1H3;1-2H3. The summed E-state index contributed by atoms with van der Waals surface area (Å²) in [5, 5.41) is 3.42. The quantitative estimate of drug-likeness (QED) is 0.650. The van der Waals surface area contributed by atoms with Crippen molar-refractivity contribution in [1.82, 2.24) is 5.32 Å². The average molecular weight is 157 g/mol. The summed E-state index contributed by atoms with van der Waals surface area (Å²) in [7, 11) is 0. The lowest BCUT2D eigenvalue weighted by atomic mass is 9.95. The third kappa shape index (κ3) is 5.25. The van der Waals surface area contributed by atoms with Crippen LogP contribution in [0.15, 0.2) is 0 Å². The molecule has 1 heterocycles. The summed E-state index contributed by atoms with van der Waals surface area (Å²) >= 11 is 0. The summed E-state index contributed by atoms with van der Waals surface area (Å²) < 4.78 is 0. The molecular weight excluding hydrogens is 134 g/mol. The van der Waals surface area contributed by atoms with Crippen LogP contribution in [-0.4, -0.2) is 13.1 Å². The van der Waals surface area contributed by atoms with Crippen LogP contribution in [0.5, 0.6) is 0 Å². The van der Waals surface area contributed by atoms with Gasteiger partial charge in [0.05, 0.1) is 0 Å². The minimum Gasteiger partial charge on any atom is -0.316 e. The molecule has 1 rings (SSSR count). The van der Waals surface area contributed by atoms with Gasteiger partial charge in [0.1, 0.15) is 0 Å². The first kappa shape index (κ1) is 11.0. The molecule has 1 unspecified atom stereocenters. The molecule has 11 heavy (non-hydrogen) atoms. The highest BCUT2D eigenvalue weighted by atomic mass is 14.9. The molecule has 1 aliphatic heterocycles. The molecular formula is C10H23N. The van der Waals surface area contributed by atoms with Crippen molar-refractivity contribution in [2.75, 3.05) is 13.1 Å². The van der Waals surface area contributed by atoms with E-state index in [2.05, 4.69) is 12.2 Å². The van der Waals surface area contributed by atoms with Gasteiger partial charge in [-0.2, -0.15) is 0 Å². The first-order valence-electron chi connectivity index (χ1n) is 5.14. The van der Waals surface area contributed by atoms with Gasteiger partial charge in [0.15, 0.2) is 0 Å². The Hall–Kier alpha value is -0.0400. The van der Waals surface area contributed by atoms with Gasteiger partial charge in [-0.15, -0.1) is 0 Å². The number of hydrogen-bond acceptors (Lipinski definition) is 1. The van der Waals surface area contributed by atoms with Gasteiger partial charge in [0, 0.05) is 0 Å². The van der Waals surface area contributed by atoms with E-state index in [1.165, 1.54) is 38.8 Å². The van der Waals surface area contributed by atoms with E-state index in [0.29, 0.717) is 0 Å². The van der Waals surface area contributed by atoms with Crippen molar-refractivity contribution in [1.29, 1.82) is 0 Å². The Morgan fingerprint density at radius 1 is 1.36 bits per heavy atom. The molecule has 1 heteroatoms. The molecule has 1 N–H and O–H groups in total. The van der Waals surface area contributed by atoms with E-state index in [9.17, 15) is 0 Å². The third-order valence-electron chi connectivity index (χ3n) is 2.10. The minimum absolute atomic E-state index is 0.990. The predicted octanol–water partition coefficient (Wildman–Crippen LogP) is 2.81. The first-order chi connectivity index (χ1) is 5.43. The molecule has 1 fully saturated rings. The Morgan fingerprint density at radius 2 is 2.09 bits per heavy atom. The van der Waals surface area contributed by atoms with Crippen molar-refractivity contribution in [2.45, 2.75) is 46.5 Å². The molecule has 0 aromatic heterocycles. The number of rotatable bonds is 2. The Bertz CT molecular complexity index is 62.5. The van der Waals surface area contributed by atoms with Crippen LogP contribution >= 0.6 is 0 Å². The number of nitrogens with one attached hydrogen (secondary N) is 1. The van der Waals surface area contributed by atoms with Crippen LogP contribution in [0.25, 0.3) is 0 Å². The predicted molar refractivity (Wildman–Crippen MR) is 51.8 cm³/mol. The third-order valence-corrected chi connectivity index (χ3v) is 2.10. The molecule has 1 saturated heterocycles. The molecule has 1 aliphatic rings. The second kappa shape index (κ2) is 8.06. The molecule has 0 bridgehead atoms. The van der Waals surface area contributed by atoms with E-state index < -0.39 is 0 Å². The second-order valence-electron chi connectivity index (χ2n) is 3.00. The molecule has 1 atom stereocenters. The highest BCUT2D eigenvalue weighted by Gasteiger charge is 2.10. The van der Waals surface area contributed by atoms with E-state index in [0.717, 1.165) is 5.92 Å². The lowest BCUT2D eigenvalue weighted by Gasteiger charge is -2.21. The zero-order valence-electron chi connectivity index (χ0n) is 8.32. The molecule has 0 spiro atoms. The monoisotopic (exact) mass is 157 g/mol. The fourth-order valence-corrected chi connectivity index (χ4v) is 1.58. The normalized spacial score (nSPS) is 23.7. The lowest BCUT2D eigenvalue weighted by Crippen LogP contribution is -2.29. The van der Waals surface area contributed by atoms with Crippen LogP contribution < -0.4 is 5.32 Å². The largest absolute Gasteiger partial charge is 0.316 e. The average Bonchev–Trinajstić information content (AvgIpc) is 2.11. The summed E-state index contributed by atoms with van der Waals surface area (Å²) in [4.78, 5) is 0. The van der Waals surface area contributed by atoms with Crippen LogP contribution in [0.2, 0.25) is 0 Å². The van der Waals surface area contributed by atoms with Gasteiger partial charge in [-0.1, -0.05) is 27.2 Å². The Morgan fingerprint density at radius 3 is 2.55 bits per heavy atom. The summed E-state index contributed by atoms with van der Waals surface area (Å²) in [6.07, 6.45) is 5.63. The molecule has 0 aromatic carbocycles. The SMILES string of the molecule is CC.CCCC1CCCNC1. The molecule has 1 nitrogen and oxygen atoms in total. The van der Waals surface area contributed by atoms with Crippen LogP contribution in [0.3, 0.4) is 0 Å². The maximum atomic E-state index is 3.42. The van der Waals surface area contributed by atoms with Gasteiger partial charge in [0.25, 0.3) is 0 Å². The second-order valence-corrected chi connectivity index (χ2v) is 3.00. The molecule has 0 saturated carbocycles. The Kier molecular flexibility index (Phi) is 8.03. The molecule has 0 radical (unpaired) electrons. The van der Waals surface area contributed by atoms with Crippen molar-refractivity contribution in [3.63, 3.8) is 0 Å². The lowest BCUT2D eigenvalue weighted by molar-refractivity contribution is 0.355. The van der Waals surface area contributed by atoms with Gasteiger partial charge in [-0.05, 0) is 38.3 Å². The Labute approximate surface area is 71.6 Å². The van der Waals surface area contributed by atoms with Crippen molar-refractivity contribution < 1.29 is 0 Å². The fourth-order valence-electron chi connectivity index (χ4n) is 1.58. The van der Waals surface area contributed by atoms with E-state index in [1.807, 2.05) is 13.8 Å². The van der Waals surface area contributed by atoms with Gasteiger partial charge < -0.3 is 5.32 Å². The van der Waals surface area contributed by atoms with Crippen LogP contribution in [-0.2, 0) is 0 Å². The topological polar surface area (TPSA) is 12.0 Å². The smallest absolute Gasteiger partial charge is 0.00205 e. The highest BCUT2D eigenvalue weighted by molar-refractivity contribution is 4.67. The molecule has 68 valence electrons. The summed E-state index contributed by atoms with van der Waals surface area (Å²) in [6.45, 7) is 8.79. The van der Waals surface area contributed by atoms with E-state index in [4.69, 9.17) is 0 Å². The number of piperidine rings is 1. The summed E-state index contributed by atoms with van der Waals surface area (Å²) in [6, 6.07) is 0. The maximum Gasteiger partial charge on any atom is -0.00205 e. The highest BCUT2D eigenvalue weighted by Crippen LogP contribution is 2.14. The molecule has 0 aliphatic carbocycles. The van der Waals surface area contributed by atoms with Crippen LogP contribution in [0, 0.1) is 5.92 Å². The van der Waals surface area contributed by atoms with Gasteiger partial charge in [-0.25, -0.2) is 0 Å². The molecule has 0 amide bonds. The van der Waals surface area contributed by atoms with Crippen molar-refractivity contribution in [3.05, 3.63) is 0 Å².